The van der Waals surface area contributed by atoms with E-state index in [0.29, 0.717) is 29.5 Å². The van der Waals surface area contributed by atoms with Crippen molar-refractivity contribution in [1.82, 2.24) is 10.2 Å². The van der Waals surface area contributed by atoms with Crippen LogP contribution in [0.5, 0.6) is 5.75 Å². The van der Waals surface area contributed by atoms with Crippen LogP contribution in [0.3, 0.4) is 0 Å². The standard InChI is InChI=1S/C16H22ClN3O2/c1-19-8-9-22-15-13(10-12(17)11-14(15)19)16(21)18-4-7-20-5-2-3-6-20/h10-11H,2-9H2,1H3,(H,18,21). The first-order chi connectivity index (χ1) is 10.6. The van der Waals surface area contributed by atoms with Crippen LogP contribution in [-0.4, -0.2) is 57.2 Å². The first kappa shape index (κ1) is 15.4. The van der Waals surface area contributed by atoms with Gasteiger partial charge in [-0.2, -0.15) is 0 Å². The Kier molecular flexibility index (Phi) is 4.74. The van der Waals surface area contributed by atoms with Gasteiger partial charge >= 0.3 is 0 Å². The highest BCUT2D eigenvalue weighted by molar-refractivity contribution is 6.31. The molecule has 0 bridgehead atoms. The molecule has 1 aromatic rings. The molecule has 0 unspecified atom stereocenters. The van der Waals surface area contributed by atoms with Crippen LogP contribution < -0.4 is 15.0 Å². The lowest BCUT2D eigenvalue weighted by Crippen LogP contribution is -2.35. The van der Waals surface area contributed by atoms with E-state index in [4.69, 9.17) is 16.3 Å². The normalized spacial score (nSPS) is 18.0. The molecule has 0 saturated carbocycles. The van der Waals surface area contributed by atoms with Crippen LogP contribution in [0, 0.1) is 0 Å². The van der Waals surface area contributed by atoms with E-state index >= 15 is 0 Å². The lowest BCUT2D eigenvalue weighted by atomic mass is 10.1. The van der Waals surface area contributed by atoms with Gasteiger partial charge in [-0.05, 0) is 38.1 Å². The molecule has 0 radical (unpaired) electrons. The van der Waals surface area contributed by atoms with Gasteiger partial charge < -0.3 is 19.9 Å². The molecule has 2 heterocycles. The number of ether oxygens (including phenoxy) is 1. The topological polar surface area (TPSA) is 44.8 Å². The fraction of sp³-hybridized carbons (Fsp3) is 0.562. The number of anilines is 1. The Balaban J connectivity index is 1.69. The highest BCUT2D eigenvalue weighted by Crippen LogP contribution is 2.37. The minimum absolute atomic E-state index is 0.117. The largest absolute Gasteiger partial charge is 0.489 e. The SMILES string of the molecule is CN1CCOc2c(C(=O)NCCN3CCCC3)cc(Cl)cc21. The van der Waals surface area contributed by atoms with Crippen LogP contribution in [0.1, 0.15) is 23.2 Å². The molecule has 1 N–H and O–H groups in total. The van der Waals surface area contributed by atoms with E-state index in [2.05, 4.69) is 15.1 Å². The maximum atomic E-state index is 12.5. The van der Waals surface area contributed by atoms with Crippen LogP contribution in [-0.2, 0) is 0 Å². The Bertz CT molecular complexity index is 559. The summed E-state index contributed by atoms with van der Waals surface area (Å²) in [6.45, 7) is 5.19. The van der Waals surface area contributed by atoms with Crippen molar-refractivity contribution in [3.8, 4) is 5.75 Å². The van der Waals surface area contributed by atoms with Crippen LogP contribution >= 0.6 is 11.6 Å². The second kappa shape index (κ2) is 6.75. The molecule has 0 atom stereocenters. The van der Waals surface area contributed by atoms with Crippen molar-refractivity contribution >= 4 is 23.2 Å². The van der Waals surface area contributed by atoms with Crippen LogP contribution in [0.2, 0.25) is 5.02 Å². The molecule has 3 rings (SSSR count). The minimum atomic E-state index is -0.117. The third-order valence-electron chi connectivity index (χ3n) is 4.28. The Morgan fingerprint density at radius 2 is 2.09 bits per heavy atom. The molecule has 5 nitrogen and oxygen atoms in total. The Morgan fingerprint density at radius 1 is 1.32 bits per heavy atom. The summed E-state index contributed by atoms with van der Waals surface area (Å²) in [6.07, 6.45) is 2.52. The molecule has 2 aliphatic rings. The molecule has 2 aliphatic heterocycles. The van der Waals surface area contributed by atoms with E-state index in [-0.39, 0.29) is 5.91 Å². The number of carbonyl (C=O) groups is 1. The van der Waals surface area contributed by atoms with Gasteiger partial charge in [-0.25, -0.2) is 0 Å². The number of hydrogen-bond acceptors (Lipinski definition) is 4. The second-order valence-corrected chi connectivity index (χ2v) is 6.31. The van der Waals surface area contributed by atoms with Gasteiger partial charge in [0.2, 0.25) is 0 Å². The molecule has 22 heavy (non-hydrogen) atoms. The molecular weight excluding hydrogens is 302 g/mol. The number of amides is 1. The lowest BCUT2D eigenvalue weighted by Gasteiger charge is -2.29. The fourth-order valence-corrected chi connectivity index (χ4v) is 3.23. The van der Waals surface area contributed by atoms with Gasteiger partial charge in [0, 0.05) is 25.2 Å². The first-order valence-corrected chi connectivity index (χ1v) is 8.21. The van der Waals surface area contributed by atoms with Crippen LogP contribution in [0.25, 0.3) is 0 Å². The number of likely N-dealkylation sites (tertiary alicyclic amines) is 1. The summed E-state index contributed by atoms with van der Waals surface area (Å²) in [4.78, 5) is 16.9. The van der Waals surface area contributed by atoms with E-state index < -0.39 is 0 Å². The average molecular weight is 324 g/mol. The highest BCUT2D eigenvalue weighted by Gasteiger charge is 2.23. The molecule has 1 aromatic carbocycles. The zero-order chi connectivity index (χ0) is 15.5. The van der Waals surface area contributed by atoms with E-state index in [1.54, 1.807) is 6.07 Å². The summed E-state index contributed by atoms with van der Waals surface area (Å²) < 4.78 is 5.71. The molecule has 1 saturated heterocycles. The summed E-state index contributed by atoms with van der Waals surface area (Å²) in [5.74, 6) is 0.519. The number of nitrogens with zero attached hydrogens (tertiary/aromatic N) is 2. The summed E-state index contributed by atoms with van der Waals surface area (Å²) in [5.41, 5.74) is 1.40. The summed E-state index contributed by atoms with van der Waals surface area (Å²) in [7, 11) is 1.98. The van der Waals surface area contributed by atoms with Gasteiger partial charge in [0.1, 0.15) is 6.61 Å². The summed E-state index contributed by atoms with van der Waals surface area (Å²) in [5, 5.41) is 3.54. The van der Waals surface area contributed by atoms with Crippen molar-refractivity contribution in [3.05, 3.63) is 22.7 Å². The maximum absolute atomic E-state index is 12.5. The van der Waals surface area contributed by atoms with Gasteiger partial charge in [0.15, 0.2) is 5.75 Å². The fourth-order valence-electron chi connectivity index (χ4n) is 3.02. The number of rotatable bonds is 4. The number of carbonyl (C=O) groups excluding carboxylic acids is 1. The van der Waals surface area contributed by atoms with Crippen molar-refractivity contribution in [2.24, 2.45) is 0 Å². The Hall–Kier alpha value is -1.46. The maximum Gasteiger partial charge on any atom is 0.255 e. The van der Waals surface area contributed by atoms with Gasteiger partial charge in [-0.3, -0.25) is 4.79 Å². The Labute approximate surface area is 136 Å². The lowest BCUT2D eigenvalue weighted by molar-refractivity contribution is 0.0945. The number of nitrogens with one attached hydrogen (secondary N) is 1. The van der Waals surface area contributed by atoms with Crippen molar-refractivity contribution in [2.75, 3.05) is 51.3 Å². The van der Waals surface area contributed by atoms with Crippen molar-refractivity contribution in [1.29, 1.82) is 0 Å². The van der Waals surface area contributed by atoms with Crippen molar-refractivity contribution < 1.29 is 9.53 Å². The van der Waals surface area contributed by atoms with Crippen LogP contribution in [0.15, 0.2) is 12.1 Å². The molecular formula is C16H22ClN3O2. The summed E-state index contributed by atoms with van der Waals surface area (Å²) in [6, 6.07) is 3.53. The molecule has 0 aliphatic carbocycles. The second-order valence-electron chi connectivity index (χ2n) is 5.88. The predicted octanol–water partition coefficient (Wildman–Crippen LogP) is 1.99. The number of fused-ring (bicyclic) bond motifs is 1. The highest BCUT2D eigenvalue weighted by atomic mass is 35.5. The number of hydrogen-bond donors (Lipinski definition) is 1. The average Bonchev–Trinajstić information content (AvgIpc) is 3.01. The van der Waals surface area contributed by atoms with Crippen LogP contribution in [0.4, 0.5) is 5.69 Å². The molecule has 0 aromatic heterocycles. The molecule has 0 spiro atoms. The first-order valence-electron chi connectivity index (χ1n) is 7.83. The number of likely N-dealkylation sites (N-methyl/N-ethyl adjacent to an activating group) is 1. The van der Waals surface area contributed by atoms with E-state index in [0.717, 1.165) is 31.9 Å². The third-order valence-corrected chi connectivity index (χ3v) is 4.49. The quantitative estimate of drug-likeness (QED) is 0.920. The van der Waals surface area contributed by atoms with Gasteiger partial charge in [0.25, 0.3) is 5.91 Å². The Morgan fingerprint density at radius 3 is 2.86 bits per heavy atom. The smallest absolute Gasteiger partial charge is 0.255 e. The van der Waals surface area contributed by atoms with Gasteiger partial charge in [-0.15, -0.1) is 0 Å². The van der Waals surface area contributed by atoms with Gasteiger partial charge in [0.05, 0.1) is 17.8 Å². The monoisotopic (exact) mass is 323 g/mol. The molecule has 120 valence electrons. The zero-order valence-corrected chi connectivity index (χ0v) is 13.7. The number of halogens is 1. The zero-order valence-electron chi connectivity index (χ0n) is 12.9. The van der Waals surface area contributed by atoms with Gasteiger partial charge in [-0.1, -0.05) is 11.6 Å². The summed E-state index contributed by atoms with van der Waals surface area (Å²) >= 11 is 6.16. The van der Waals surface area contributed by atoms with E-state index in [1.807, 2.05) is 13.1 Å². The van der Waals surface area contributed by atoms with Crippen molar-refractivity contribution in [2.45, 2.75) is 12.8 Å². The van der Waals surface area contributed by atoms with E-state index in [9.17, 15) is 4.79 Å². The third kappa shape index (κ3) is 3.31. The predicted molar refractivity (Wildman–Crippen MR) is 88.2 cm³/mol. The molecule has 6 heteroatoms. The molecule has 1 fully saturated rings. The van der Waals surface area contributed by atoms with Crippen molar-refractivity contribution in [3.63, 3.8) is 0 Å². The minimum Gasteiger partial charge on any atom is -0.489 e. The van der Waals surface area contributed by atoms with E-state index in [1.165, 1.54) is 12.8 Å². The molecule has 1 amide bonds. The number of benzene rings is 1.